The molecule has 1 aliphatic rings. The lowest BCUT2D eigenvalue weighted by Gasteiger charge is -1.98. The highest BCUT2D eigenvalue weighted by Gasteiger charge is 2.29. The average Bonchev–Trinajstić information content (AvgIpc) is 2.98. The van der Waals surface area contributed by atoms with Gasteiger partial charge in [-0.05, 0) is 12.8 Å². The summed E-state index contributed by atoms with van der Waals surface area (Å²) in [6.45, 7) is 0. The number of hydrogen-bond acceptors (Lipinski definition) is 2. The lowest BCUT2D eigenvalue weighted by molar-refractivity contribution is 0.571. The molecule has 0 unspecified atom stereocenters. The molecule has 0 amide bonds. The summed E-state index contributed by atoms with van der Waals surface area (Å²) in [6, 6.07) is 10.2. The topological polar surface area (TPSA) is 26.0 Å². The van der Waals surface area contributed by atoms with Crippen LogP contribution >= 0.6 is 0 Å². The maximum absolute atomic E-state index is 5.44. The number of nitrogens with zero attached hydrogens (tertiary/aromatic N) is 1. The Morgan fingerprint density at radius 1 is 1.14 bits per heavy atom. The van der Waals surface area contributed by atoms with Crippen LogP contribution in [0.5, 0.6) is 0 Å². The molecule has 2 nitrogen and oxygen atoms in total. The Morgan fingerprint density at radius 3 is 2.64 bits per heavy atom. The molecule has 14 heavy (non-hydrogen) atoms. The largest absolute Gasteiger partial charge is 0.443 e. The maximum atomic E-state index is 5.44. The number of hydrogen-bond donors (Lipinski definition) is 0. The van der Waals surface area contributed by atoms with Crippen LogP contribution in [0.25, 0.3) is 11.3 Å². The lowest BCUT2D eigenvalue weighted by atomic mass is 10.1. The minimum atomic E-state index is 0.643. The van der Waals surface area contributed by atoms with Crippen LogP contribution in [-0.4, -0.2) is 4.98 Å². The Labute approximate surface area is 82.6 Å². The first-order valence-corrected chi connectivity index (χ1v) is 4.94. The average molecular weight is 185 g/mol. The standard InChI is InChI=1S/C12H11NO/c1-2-4-10(5-3-1)12-11(9-6-7-9)13-8-14-12/h1-5,8-9H,6-7H2. The molecule has 1 saturated carbocycles. The number of aromatic nitrogens is 1. The second-order valence-corrected chi connectivity index (χ2v) is 3.71. The maximum Gasteiger partial charge on any atom is 0.181 e. The van der Waals surface area contributed by atoms with Crippen molar-refractivity contribution in [1.82, 2.24) is 4.98 Å². The first-order valence-electron chi connectivity index (χ1n) is 4.94. The minimum absolute atomic E-state index is 0.643. The molecule has 70 valence electrons. The third-order valence-corrected chi connectivity index (χ3v) is 2.60. The molecule has 0 bridgehead atoms. The number of rotatable bonds is 2. The van der Waals surface area contributed by atoms with Gasteiger partial charge in [0, 0.05) is 11.5 Å². The first kappa shape index (κ1) is 7.80. The molecule has 3 rings (SSSR count). The molecule has 1 aromatic heterocycles. The molecule has 1 aromatic carbocycles. The van der Waals surface area contributed by atoms with Gasteiger partial charge in [-0.15, -0.1) is 0 Å². The molecule has 1 aliphatic carbocycles. The van der Waals surface area contributed by atoms with Crippen molar-refractivity contribution in [2.24, 2.45) is 0 Å². The molecule has 0 spiro atoms. The molecule has 0 N–H and O–H groups in total. The van der Waals surface area contributed by atoms with Crippen LogP contribution < -0.4 is 0 Å². The van der Waals surface area contributed by atoms with E-state index in [9.17, 15) is 0 Å². The summed E-state index contributed by atoms with van der Waals surface area (Å²) in [4.78, 5) is 4.29. The molecule has 0 saturated heterocycles. The van der Waals surface area contributed by atoms with Crippen molar-refractivity contribution in [3.05, 3.63) is 42.4 Å². The Morgan fingerprint density at radius 2 is 1.93 bits per heavy atom. The van der Waals surface area contributed by atoms with Gasteiger partial charge in [0.25, 0.3) is 0 Å². The van der Waals surface area contributed by atoms with Gasteiger partial charge in [-0.25, -0.2) is 4.98 Å². The second-order valence-electron chi connectivity index (χ2n) is 3.71. The predicted molar refractivity (Wildman–Crippen MR) is 53.9 cm³/mol. The fraction of sp³-hybridized carbons (Fsp3) is 0.250. The van der Waals surface area contributed by atoms with Gasteiger partial charge in [0.2, 0.25) is 0 Å². The van der Waals surface area contributed by atoms with Crippen LogP contribution in [0.1, 0.15) is 24.5 Å². The molecule has 1 fully saturated rings. The van der Waals surface area contributed by atoms with E-state index in [4.69, 9.17) is 4.42 Å². The normalized spacial score (nSPS) is 15.7. The monoisotopic (exact) mass is 185 g/mol. The third kappa shape index (κ3) is 1.23. The fourth-order valence-corrected chi connectivity index (χ4v) is 1.71. The van der Waals surface area contributed by atoms with Crippen LogP contribution in [0.4, 0.5) is 0 Å². The zero-order valence-corrected chi connectivity index (χ0v) is 7.81. The SMILES string of the molecule is c1ccc(-c2ocnc2C2CC2)cc1. The van der Waals surface area contributed by atoms with E-state index < -0.39 is 0 Å². The highest BCUT2D eigenvalue weighted by atomic mass is 16.3. The van der Waals surface area contributed by atoms with Crippen molar-refractivity contribution in [2.75, 3.05) is 0 Å². The molecular formula is C12H11NO. The van der Waals surface area contributed by atoms with Gasteiger partial charge in [0.15, 0.2) is 12.2 Å². The van der Waals surface area contributed by atoms with Crippen molar-refractivity contribution in [3.63, 3.8) is 0 Å². The molecular weight excluding hydrogens is 174 g/mol. The van der Waals surface area contributed by atoms with E-state index >= 15 is 0 Å². The summed E-state index contributed by atoms with van der Waals surface area (Å²) in [5, 5.41) is 0. The van der Waals surface area contributed by atoms with Gasteiger partial charge < -0.3 is 4.42 Å². The summed E-state index contributed by atoms with van der Waals surface area (Å²) in [5.41, 5.74) is 2.27. The quantitative estimate of drug-likeness (QED) is 0.718. The Bertz CT molecular complexity index is 429. The van der Waals surface area contributed by atoms with Crippen LogP contribution in [-0.2, 0) is 0 Å². The van der Waals surface area contributed by atoms with Gasteiger partial charge >= 0.3 is 0 Å². The predicted octanol–water partition coefficient (Wildman–Crippen LogP) is 3.22. The van der Waals surface area contributed by atoms with Crippen LogP contribution in [0, 0.1) is 0 Å². The van der Waals surface area contributed by atoms with E-state index in [1.54, 1.807) is 6.39 Å². The van der Waals surface area contributed by atoms with Gasteiger partial charge in [-0.1, -0.05) is 30.3 Å². The van der Waals surface area contributed by atoms with Gasteiger partial charge in [-0.3, -0.25) is 0 Å². The van der Waals surface area contributed by atoms with E-state index in [2.05, 4.69) is 17.1 Å². The molecule has 2 aromatic rings. The van der Waals surface area contributed by atoms with E-state index in [1.165, 1.54) is 12.8 Å². The lowest BCUT2D eigenvalue weighted by Crippen LogP contribution is -1.83. The highest BCUT2D eigenvalue weighted by molar-refractivity contribution is 5.60. The van der Waals surface area contributed by atoms with E-state index in [0.29, 0.717) is 5.92 Å². The molecule has 0 radical (unpaired) electrons. The van der Waals surface area contributed by atoms with Gasteiger partial charge in [0.1, 0.15) is 0 Å². The van der Waals surface area contributed by atoms with Gasteiger partial charge in [-0.2, -0.15) is 0 Å². The van der Waals surface area contributed by atoms with Crippen molar-refractivity contribution >= 4 is 0 Å². The number of benzene rings is 1. The zero-order chi connectivity index (χ0) is 9.38. The summed E-state index contributed by atoms with van der Waals surface area (Å²) in [6.07, 6.45) is 4.06. The second kappa shape index (κ2) is 2.98. The Balaban J connectivity index is 2.07. The summed E-state index contributed by atoms with van der Waals surface area (Å²) >= 11 is 0. The van der Waals surface area contributed by atoms with E-state index in [0.717, 1.165) is 17.0 Å². The summed E-state index contributed by atoms with van der Waals surface area (Å²) in [5.74, 6) is 1.59. The smallest absolute Gasteiger partial charge is 0.181 e. The van der Waals surface area contributed by atoms with E-state index in [1.807, 2.05) is 18.2 Å². The van der Waals surface area contributed by atoms with Gasteiger partial charge in [0.05, 0.1) is 5.69 Å². The van der Waals surface area contributed by atoms with Crippen LogP contribution in [0.15, 0.2) is 41.1 Å². The minimum Gasteiger partial charge on any atom is -0.443 e. The highest BCUT2D eigenvalue weighted by Crippen LogP contribution is 2.43. The Kier molecular flexibility index (Phi) is 1.66. The van der Waals surface area contributed by atoms with Crippen molar-refractivity contribution in [1.29, 1.82) is 0 Å². The Hall–Kier alpha value is -1.57. The van der Waals surface area contributed by atoms with Crippen LogP contribution in [0.3, 0.4) is 0 Å². The van der Waals surface area contributed by atoms with Crippen molar-refractivity contribution < 1.29 is 4.42 Å². The molecule has 2 heteroatoms. The molecule has 0 aliphatic heterocycles. The molecule has 1 heterocycles. The number of oxazole rings is 1. The zero-order valence-electron chi connectivity index (χ0n) is 7.81. The van der Waals surface area contributed by atoms with Crippen LogP contribution in [0.2, 0.25) is 0 Å². The first-order chi connectivity index (χ1) is 6.95. The fourth-order valence-electron chi connectivity index (χ4n) is 1.71. The van der Waals surface area contributed by atoms with Crippen molar-refractivity contribution in [3.8, 4) is 11.3 Å². The van der Waals surface area contributed by atoms with E-state index in [-0.39, 0.29) is 0 Å². The third-order valence-electron chi connectivity index (χ3n) is 2.60. The van der Waals surface area contributed by atoms with Crippen molar-refractivity contribution in [2.45, 2.75) is 18.8 Å². The summed E-state index contributed by atoms with van der Waals surface area (Å²) in [7, 11) is 0. The summed E-state index contributed by atoms with van der Waals surface area (Å²) < 4.78 is 5.44. The molecule has 0 atom stereocenters.